The van der Waals surface area contributed by atoms with Crippen molar-refractivity contribution in [3.05, 3.63) is 54.4 Å². The fraction of sp³-hybridized carbons (Fsp3) is 0.375. The second kappa shape index (κ2) is 8.86. The van der Waals surface area contributed by atoms with Crippen molar-refractivity contribution in [1.29, 1.82) is 0 Å². The van der Waals surface area contributed by atoms with Gasteiger partial charge in [0, 0.05) is 61.9 Å². The number of alkyl halides is 3. The molecule has 35 heavy (non-hydrogen) atoms. The van der Waals surface area contributed by atoms with Gasteiger partial charge in [-0.05, 0) is 37.8 Å². The van der Waals surface area contributed by atoms with Crippen molar-refractivity contribution in [1.82, 2.24) is 24.3 Å². The number of ether oxygens (including phenoxy) is 1. The predicted molar refractivity (Wildman–Crippen MR) is 123 cm³/mol. The van der Waals surface area contributed by atoms with E-state index in [1.54, 1.807) is 4.68 Å². The number of aryl methyl sites for hydroxylation is 1. The average Bonchev–Trinajstić information content (AvgIpc) is 3.43. The first kappa shape index (κ1) is 23.1. The van der Waals surface area contributed by atoms with Crippen molar-refractivity contribution >= 4 is 16.7 Å². The van der Waals surface area contributed by atoms with E-state index >= 15 is 0 Å². The standard InChI is InChI=1S/C24H24F4N6O/c1-29-21-11-20-16(12-31-21)17(19-8-10-33(2)32-19)13-34(20)14-3-5-15(6-4-14)35-23-22(25)18(7-9-30-23)24(26,27)28/h7-15H,3-6H2,1-2H3,(H,29,31)/t14-,15+. The molecule has 5 rings (SSSR count). The summed E-state index contributed by atoms with van der Waals surface area (Å²) >= 11 is 0. The second-order valence-electron chi connectivity index (χ2n) is 8.69. The molecule has 4 aromatic rings. The van der Waals surface area contributed by atoms with Crippen LogP contribution >= 0.6 is 0 Å². The quantitative estimate of drug-likeness (QED) is 0.371. The summed E-state index contributed by atoms with van der Waals surface area (Å²) in [5.41, 5.74) is 1.47. The van der Waals surface area contributed by atoms with E-state index in [0.29, 0.717) is 31.7 Å². The lowest BCUT2D eigenvalue weighted by Crippen LogP contribution is -2.26. The van der Waals surface area contributed by atoms with Gasteiger partial charge in [0.2, 0.25) is 0 Å². The highest BCUT2D eigenvalue weighted by molar-refractivity contribution is 5.95. The van der Waals surface area contributed by atoms with E-state index in [9.17, 15) is 17.6 Å². The smallest absolute Gasteiger partial charge is 0.419 e. The van der Waals surface area contributed by atoms with Crippen LogP contribution in [0.1, 0.15) is 37.3 Å². The fourth-order valence-corrected chi connectivity index (χ4v) is 4.67. The highest BCUT2D eigenvalue weighted by Gasteiger charge is 2.36. The molecule has 0 unspecified atom stereocenters. The monoisotopic (exact) mass is 488 g/mol. The summed E-state index contributed by atoms with van der Waals surface area (Å²) < 4.78 is 62.9. The first-order chi connectivity index (χ1) is 16.7. The zero-order valence-electron chi connectivity index (χ0n) is 19.2. The van der Waals surface area contributed by atoms with E-state index in [2.05, 4.69) is 31.1 Å². The third kappa shape index (κ3) is 4.42. The van der Waals surface area contributed by atoms with Crippen LogP contribution in [0.15, 0.2) is 43.0 Å². The van der Waals surface area contributed by atoms with Gasteiger partial charge in [-0.2, -0.15) is 18.3 Å². The molecule has 0 aliphatic heterocycles. The molecule has 1 aliphatic rings. The summed E-state index contributed by atoms with van der Waals surface area (Å²) in [5.74, 6) is -1.32. The largest absolute Gasteiger partial charge is 0.472 e. The highest BCUT2D eigenvalue weighted by atomic mass is 19.4. The Morgan fingerprint density at radius 1 is 1.11 bits per heavy atom. The summed E-state index contributed by atoms with van der Waals surface area (Å²) in [7, 11) is 3.67. The van der Waals surface area contributed by atoms with Crippen LogP contribution in [-0.2, 0) is 13.2 Å². The fourth-order valence-electron chi connectivity index (χ4n) is 4.67. The van der Waals surface area contributed by atoms with Crippen LogP contribution < -0.4 is 10.1 Å². The van der Waals surface area contributed by atoms with Crippen LogP contribution in [0.2, 0.25) is 0 Å². The minimum Gasteiger partial charge on any atom is -0.472 e. The number of anilines is 1. The Bertz CT molecular complexity index is 1350. The number of hydrogen-bond donors (Lipinski definition) is 1. The van der Waals surface area contributed by atoms with E-state index < -0.39 is 29.5 Å². The van der Waals surface area contributed by atoms with Gasteiger partial charge in [-0.3, -0.25) is 4.68 Å². The molecule has 0 radical (unpaired) electrons. The zero-order chi connectivity index (χ0) is 24.7. The number of halogens is 4. The van der Waals surface area contributed by atoms with Gasteiger partial charge in [-0.1, -0.05) is 0 Å². The van der Waals surface area contributed by atoms with E-state index in [1.165, 1.54) is 0 Å². The molecule has 7 nitrogen and oxygen atoms in total. The maximum Gasteiger partial charge on any atom is 0.419 e. The molecule has 11 heteroatoms. The van der Waals surface area contributed by atoms with Crippen LogP contribution in [-0.4, -0.2) is 37.5 Å². The van der Waals surface area contributed by atoms with Crippen LogP contribution in [0, 0.1) is 5.82 Å². The lowest BCUT2D eigenvalue weighted by Gasteiger charge is -2.30. The van der Waals surface area contributed by atoms with Gasteiger partial charge in [-0.25, -0.2) is 14.4 Å². The van der Waals surface area contributed by atoms with E-state index in [4.69, 9.17) is 4.74 Å². The van der Waals surface area contributed by atoms with Crippen molar-refractivity contribution in [3.63, 3.8) is 0 Å². The summed E-state index contributed by atoms with van der Waals surface area (Å²) in [5, 5.41) is 8.59. The molecule has 0 atom stereocenters. The molecule has 0 bridgehead atoms. The molecule has 0 amide bonds. The van der Waals surface area contributed by atoms with Gasteiger partial charge < -0.3 is 14.6 Å². The molecule has 1 aliphatic carbocycles. The molecule has 1 saturated carbocycles. The van der Waals surface area contributed by atoms with Crippen LogP contribution in [0.4, 0.5) is 23.4 Å². The van der Waals surface area contributed by atoms with Crippen LogP contribution in [0.5, 0.6) is 5.88 Å². The number of aromatic nitrogens is 5. The molecule has 0 aromatic carbocycles. The normalized spacial score (nSPS) is 18.7. The summed E-state index contributed by atoms with van der Waals surface area (Å²) in [6.45, 7) is 0. The molecule has 0 saturated heterocycles. The number of nitrogens with zero attached hydrogens (tertiary/aromatic N) is 5. The lowest BCUT2D eigenvalue weighted by atomic mass is 9.92. The van der Waals surface area contributed by atoms with Gasteiger partial charge in [0.25, 0.3) is 5.88 Å². The molecular weight excluding hydrogens is 464 g/mol. The third-order valence-corrected chi connectivity index (χ3v) is 6.44. The minimum absolute atomic E-state index is 0.140. The summed E-state index contributed by atoms with van der Waals surface area (Å²) in [6, 6.07) is 4.70. The van der Waals surface area contributed by atoms with E-state index in [-0.39, 0.29) is 6.04 Å². The number of fused-ring (bicyclic) bond motifs is 1. The molecule has 184 valence electrons. The number of pyridine rings is 2. The van der Waals surface area contributed by atoms with Crippen molar-refractivity contribution < 1.29 is 22.3 Å². The van der Waals surface area contributed by atoms with Crippen molar-refractivity contribution in [2.75, 3.05) is 12.4 Å². The van der Waals surface area contributed by atoms with Gasteiger partial charge in [0.15, 0.2) is 5.82 Å². The second-order valence-corrected chi connectivity index (χ2v) is 8.69. The topological polar surface area (TPSA) is 69.8 Å². The molecule has 1 N–H and O–H groups in total. The Labute approximate surface area is 198 Å². The zero-order valence-corrected chi connectivity index (χ0v) is 19.2. The van der Waals surface area contributed by atoms with Gasteiger partial charge >= 0.3 is 6.18 Å². The van der Waals surface area contributed by atoms with Gasteiger partial charge in [0.05, 0.1) is 16.8 Å². The maximum absolute atomic E-state index is 14.3. The van der Waals surface area contributed by atoms with Gasteiger partial charge in [-0.15, -0.1) is 0 Å². The lowest BCUT2D eigenvalue weighted by molar-refractivity contribution is -0.140. The molecule has 4 aromatic heterocycles. The SMILES string of the molecule is CNc1cc2c(cn1)c(-c1ccn(C)n1)cn2[C@H]1CC[C@@H](Oc2nccc(C(F)(F)F)c2F)CC1. The molecular formula is C24H24F4N6O. The average molecular weight is 488 g/mol. The Hall–Kier alpha value is -3.63. The Morgan fingerprint density at radius 2 is 1.89 bits per heavy atom. The maximum atomic E-state index is 14.3. The first-order valence-corrected chi connectivity index (χ1v) is 11.3. The molecule has 0 spiro atoms. The number of hydrogen-bond acceptors (Lipinski definition) is 5. The summed E-state index contributed by atoms with van der Waals surface area (Å²) in [4.78, 5) is 8.16. The third-order valence-electron chi connectivity index (χ3n) is 6.44. The summed E-state index contributed by atoms with van der Waals surface area (Å²) in [6.07, 6.45) is 4.06. The van der Waals surface area contributed by atoms with Crippen molar-refractivity contribution in [2.24, 2.45) is 7.05 Å². The van der Waals surface area contributed by atoms with E-state index in [1.807, 2.05) is 38.6 Å². The Balaban J connectivity index is 1.38. The van der Waals surface area contributed by atoms with Crippen LogP contribution in [0.25, 0.3) is 22.2 Å². The van der Waals surface area contributed by atoms with Crippen molar-refractivity contribution in [3.8, 4) is 17.1 Å². The molecule has 4 heterocycles. The molecule has 1 fully saturated rings. The van der Waals surface area contributed by atoms with Gasteiger partial charge in [0.1, 0.15) is 11.9 Å². The number of nitrogens with one attached hydrogen (secondary N) is 1. The van der Waals surface area contributed by atoms with Crippen molar-refractivity contribution in [2.45, 2.75) is 44.0 Å². The van der Waals surface area contributed by atoms with Crippen LogP contribution in [0.3, 0.4) is 0 Å². The number of rotatable bonds is 5. The highest BCUT2D eigenvalue weighted by Crippen LogP contribution is 2.39. The van der Waals surface area contributed by atoms with E-state index in [0.717, 1.165) is 34.2 Å². The Morgan fingerprint density at radius 3 is 2.54 bits per heavy atom. The minimum atomic E-state index is -4.80. The first-order valence-electron chi connectivity index (χ1n) is 11.3. The Kier molecular flexibility index (Phi) is 5.86. The predicted octanol–water partition coefficient (Wildman–Crippen LogP) is 5.59.